The van der Waals surface area contributed by atoms with Crippen LogP contribution in [0.1, 0.15) is 65.3 Å². The molecule has 39 heavy (non-hydrogen) atoms. The van der Waals surface area contributed by atoms with E-state index in [4.69, 9.17) is 14.5 Å². The summed E-state index contributed by atoms with van der Waals surface area (Å²) in [4.78, 5) is 32.8. The number of aromatic nitrogens is 1. The van der Waals surface area contributed by atoms with Crippen molar-refractivity contribution >= 4 is 39.1 Å². The molecule has 0 saturated carbocycles. The highest BCUT2D eigenvalue weighted by atomic mass is 32.1. The van der Waals surface area contributed by atoms with Gasteiger partial charge in [0, 0.05) is 15.8 Å². The molecule has 1 atom stereocenters. The molecular formula is C32H34N2O4S. The molecule has 0 unspecified atom stereocenters. The second-order valence-corrected chi connectivity index (χ2v) is 12.1. The second kappa shape index (κ2) is 10.8. The molecule has 2 heterocycles. The molecule has 0 fully saturated rings. The summed E-state index contributed by atoms with van der Waals surface area (Å²) in [5.74, 6) is 0.560. The molecule has 1 N–H and O–H groups in total. The SMILES string of the molecule is CCOc1cccc(-c2cc(C(=O)Nc3sc4c(c3C(=O)OC)CC[C@@H](C(C)(C)C)C4)c3ccccc3n2)c1. The number of nitrogens with one attached hydrogen (secondary N) is 1. The molecule has 0 spiro atoms. The van der Waals surface area contributed by atoms with Gasteiger partial charge in [0.05, 0.1) is 36.1 Å². The Kier molecular flexibility index (Phi) is 7.45. The van der Waals surface area contributed by atoms with E-state index in [0.717, 1.165) is 46.4 Å². The Morgan fingerprint density at radius 1 is 1.10 bits per heavy atom. The molecule has 7 heteroatoms. The lowest BCUT2D eigenvalue weighted by Crippen LogP contribution is -2.26. The van der Waals surface area contributed by atoms with Crippen LogP contribution < -0.4 is 10.1 Å². The van der Waals surface area contributed by atoms with Crippen LogP contribution in [-0.2, 0) is 17.6 Å². The maximum atomic E-state index is 13.9. The third-order valence-electron chi connectivity index (χ3n) is 7.51. The van der Waals surface area contributed by atoms with E-state index in [2.05, 4.69) is 26.1 Å². The van der Waals surface area contributed by atoms with Gasteiger partial charge >= 0.3 is 5.97 Å². The molecule has 0 saturated heterocycles. The van der Waals surface area contributed by atoms with Gasteiger partial charge in [0.25, 0.3) is 5.91 Å². The van der Waals surface area contributed by atoms with Gasteiger partial charge in [-0.1, -0.05) is 51.1 Å². The van der Waals surface area contributed by atoms with Crippen LogP contribution >= 0.6 is 11.3 Å². The van der Waals surface area contributed by atoms with E-state index < -0.39 is 5.97 Å². The Labute approximate surface area is 233 Å². The third-order valence-corrected chi connectivity index (χ3v) is 8.68. The van der Waals surface area contributed by atoms with Crippen molar-refractivity contribution in [3.05, 3.63) is 76.2 Å². The Bertz CT molecular complexity index is 1550. The van der Waals surface area contributed by atoms with Crippen LogP contribution in [0.4, 0.5) is 5.00 Å². The van der Waals surface area contributed by atoms with Crippen LogP contribution in [0, 0.1) is 11.3 Å². The fourth-order valence-electron chi connectivity index (χ4n) is 5.32. The molecule has 0 radical (unpaired) electrons. The summed E-state index contributed by atoms with van der Waals surface area (Å²) < 4.78 is 10.8. The lowest BCUT2D eigenvalue weighted by atomic mass is 9.72. The van der Waals surface area contributed by atoms with Gasteiger partial charge in [0.15, 0.2) is 0 Å². The number of hydrogen-bond donors (Lipinski definition) is 1. The number of carbonyl (C=O) groups excluding carboxylic acids is 2. The lowest BCUT2D eigenvalue weighted by Gasteiger charge is -2.33. The minimum atomic E-state index is -0.412. The molecule has 0 aliphatic heterocycles. The van der Waals surface area contributed by atoms with E-state index in [1.807, 2.05) is 61.5 Å². The summed E-state index contributed by atoms with van der Waals surface area (Å²) in [5, 5.41) is 4.37. The fourth-order valence-corrected chi connectivity index (χ4v) is 6.64. The van der Waals surface area contributed by atoms with Gasteiger partial charge in [-0.25, -0.2) is 9.78 Å². The van der Waals surface area contributed by atoms with E-state index in [1.54, 1.807) is 0 Å². The number of para-hydroxylation sites is 1. The van der Waals surface area contributed by atoms with E-state index in [1.165, 1.54) is 18.4 Å². The number of esters is 1. The standard InChI is InChI=1S/C32H34N2O4S/c1-6-38-21-11-9-10-19(16-21)26-18-24(22-12-7-8-13-25(22)33-26)29(35)34-30-28(31(36)37-5)23-15-14-20(32(2,3)4)17-27(23)39-30/h7-13,16,18,20H,6,14-15,17H2,1-5H3,(H,34,35)/t20-/m1/s1. The molecule has 1 aliphatic rings. The predicted octanol–water partition coefficient (Wildman–Crippen LogP) is 7.55. The van der Waals surface area contributed by atoms with E-state index >= 15 is 0 Å². The van der Waals surface area contributed by atoms with Crippen LogP contribution in [-0.4, -0.2) is 30.6 Å². The predicted molar refractivity (Wildman–Crippen MR) is 157 cm³/mol. The Morgan fingerprint density at radius 2 is 1.90 bits per heavy atom. The number of methoxy groups -OCH3 is 1. The van der Waals surface area contributed by atoms with Crippen molar-refractivity contribution in [1.82, 2.24) is 4.98 Å². The molecule has 6 nitrogen and oxygen atoms in total. The summed E-state index contributed by atoms with van der Waals surface area (Å²) in [6.45, 7) is 9.28. The number of nitrogens with zero attached hydrogens (tertiary/aromatic N) is 1. The summed E-state index contributed by atoms with van der Waals surface area (Å²) in [5.41, 5.74) is 4.41. The molecule has 2 aromatic carbocycles. The number of amides is 1. The number of rotatable bonds is 6. The number of pyridine rings is 1. The van der Waals surface area contributed by atoms with Gasteiger partial charge in [-0.2, -0.15) is 0 Å². The molecule has 2 aromatic heterocycles. The minimum Gasteiger partial charge on any atom is -0.494 e. The number of thiophene rings is 1. The van der Waals surface area contributed by atoms with Crippen LogP contribution in [0.15, 0.2) is 54.6 Å². The summed E-state index contributed by atoms with van der Waals surface area (Å²) >= 11 is 1.50. The van der Waals surface area contributed by atoms with Gasteiger partial charge in [0.1, 0.15) is 10.8 Å². The number of ether oxygens (including phenoxy) is 2. The van der Waals surface area contributed by atoms with Gasteiger partial charge in [-0.15, -0.1) is 11.3 Å². The van der Waals surface area contributed by atoms with Crippen molar-refractivity contribution in [3.63, 3.8) is 0 Å². The van der Waals surface area contributed by atoms with Gasteiger partial charge < -0.3 is 14.8 Å². The summed E-state index contributed by atoms with van der Waals surface area (Å²) in [7, 11) is 1.39. The first-order valence-electron chi connectivity index (χ1n) is 13.4. The van der Waals surface area contributed by atoms with Gasteiger partial charge in [0.2, 0.25) is 0 Å². The van der Waals surface area contributed by atoms with Gasteiger partial charge in [-0.05, 0) is 67.3 Å². The monoisotopic (exact) mass is 542 g/mol. The molecule has 1 amide bonds. The van der Waals surface area contributed by atoms with Crippen molar-refractivity contribution in [3.8, 4) is 17.0 Å². The molecule has 4 aromatic rings. The van der Waals surface area contributed by atoms with Crippen LogP contribution in [0.3, 0.4) is 0 Å². The fraction of sp³-hybridized carbons (Fsp3) is 0.344. The normalized spacial score (nSPS) is 15.1. The minimum absolute atomic E-state index is 0.169. The maximum Gasteiger partial charge on any atom is 0.341 e. The number of carbonyl (C=O) groups is 2. The van der Waals surface area contributed by atoms with E-state index in [9.17, 15) is 9.59 Å². The Hall–Kier alpha value is -3.71. The highest BCUT2D eigenvalue weighted by Crippen LogP contribution is 2.44. The zero-order valence-electron chi connectivity index (χ0n) is 23.1. The average molecular weight is 543 g/mol. The summed E-state index contributed by atoms with van der Waals surface area (Å²) in [6, 6.07) is 17.1. The van der Waals surface area contributed by atoms with Crippen LogP contribution in [0.25, 0.3) is 22.2 Å². The number of hydrogen-bond acceptors (Lipinski definition) is 6. The Balaban J connectivity index is 1.55. The zero-order chi connectivity index (χ0) is 27.7. The molecule has 5 rings (SSSR count). The highest BCUT2D eigenvalue weighted by Gasteiger charge is 2.34. The quantitative estimate of drug-likeness (QED) is 0.255. The van der Waals surface area contributed by atoms with Crippen molar-refractivity contribution in [2.45, 2.75) is 47.0 Å². The lowest BCUT2D eigenvalue weighted by molar-refractivity contribution is 0.0600. The number of benzene rings is 2. The first-order valence-corrected chi connectivity index (χ1v) is 14.2. The van der Waals surface area contributed by atoms with E-state index in [-0.39, 0.29) is 11.3 Å². The first kappa shape index (κ1) is 26.9. The van der Waals surface area contributed by atoms with Crippen molar-refractivity contribution in [1.29, 1.82) is 0 Å². The smallest absolute Gasteiger partial charge is 0.341 e. The molecular weight excluding hydrogens is 508 g/mol. The Morgan fingerprint density at radius 3 is 2.64 bits per heavy atom. The van der Waals surface area contributed by atoms with E-state index in [0.29, 0.717) is 39.9 Å². The first-order chi connectivity index (χ1) is 18.7. The largest absolute Gasteiger partial charge is 0.494 e. The average Bonchev–Trinajstić information content (AvgIpc) is 3.28. The van der Waals surface area contributed by atoms with Crippen molar-refractivity contribution in [2.75, 3.05) is 19.0 Å². The van der Waals surface area contributed by atoms with Crippen LogP contribution in [0.5, 0.6) is 5.75 Å². The van der Waals surface area contributed by atoms with Gasteiger partial charge in [-0.3, -0.25) is 4.79 Å². The second-order valence-electron chi connectivity index (χ2n) is 11.0. The maximum absolute atomic E-state index is 13.9. The summed E-state index contributed by atoms with van der Waals surface area (Å²) in [6.07, 6.45) is 2.69. The molecule has 202 valence electrons. The third kappa shape index (κ3) is 5.41. The number of fused-ring (bicyclic) bond motifs is 2. The topological polar surface area (TPSA) is 77.5 Å². The zero-order valence-corrected chi connectivity index (χ0v) is 23.9. The molecule has 1 aliphatic carbocycles. The number of anilines is 1. The van der Waals surface area contributed by atoms with Crippen molar-refractivity contribution < 1.29 is 19.1 Å². The highest BCUT2D eigenvalue weighted by molar-refractivity contribution is 7.17. The molecule has 0 bridgehead atoms. The van der Waals surface area contributed by atoms with Crippen molar-refractivity contribution in [2.24, 2.45) is 11.3 Å². The van der Waals surface area contributed by atoms with Crippen LogP contribution in [0.2, 0.25) is 0 Å².